The minimum atomic E-state index is -0.622. The number of carbonyl (C=O) groups is 3. The van der Waals surface area contributed by atoms with Crippen molar-refractivity contribution in [3.63, 3.8) is 0 Å². The predicted molar refractivity (Wildman–Crippen MR) is 96.0 cm³/mol. The van der Waals surface area contributed by atoms with Crippen LogP contribution in [0.5, 0.6) is 5.75 Å². The molecule has 1 heterocycles. The zero-order valence-electron chi connectivity index (χ0n) is 13.4. The molecule has 1 N–H and O–H groups in total. The van der Waals surface area contributed by atoms with Gasteiger partial charge in [-0.25, -0.2) is 0 Å². The number of hydrogen-bond acceptors (Lipinski definition) is 5. The number of hydrogen-bond donors (Lipinski definition) is 1. The van der Waals surface area contributed by atoms with E-state index >= 15 is 0 Å². The molecular formula is C18H13Cl2NO5. The largest absolute Gasteiger partial charge is 0.482 e. The van der Waals surface area contributed by atoms with E-state index in [2.05, 4.69) is 5.32 Å². The normalized spacial score (nSPS) is 12.6. The number of carbonyl (C=O) groups excluding carboxylic acids is 3. The fraction of sp³-hybridized carbons (Fsp3) is 0.167. The SMILES string of the molecule is O=C1COc2ccc(C(=O)COC(=O)Cc3c(Cl)cccc3Cl)cc2N1. The number of halogens is 2. The van der Waals surface area contributed by atoms with E-state index in [1.54, 1.807) is 24.3 Å². The highest BCUT2D eigenvalue weighted by Gasteiger charge is 2.19. The van der Waals surface area contributed by atoms with Gasteiger partial charge in [0.15, 0.2) is 19.0 Å². The number of esters is 1. The first-order valence-electron chi connectivity index (χ1n) is 7.62. The molecule has 0 saturated heterocycles. The van der Waals surface area contributed by atoms with Gasteiger partial charge in [-0.15, -0.1) is 0 Å². The summed E-state index contributed by atoms with van der Waals surface area (Å²) in [6.45, 7) is -0.503. The second-order valence-corrected chi connectivity index (χ2v) is 6.32. The third-order valence-electron chi connectivity index (χ3n) is 3.68. The molecule has 0 radical (unpaired) electrons. The van der Waals surface area contributed by atoms with Crippen LogP contribution >= 0.6 is 23.2 Å². The number of fused-ring (bicyclic) bond motifs is 1. The molecule has 8 heteroatoms. The van der Waals surface area contributed by atoms with E-state index in [1.165, 1.54) is 12.1 Å². The molecule has 0 saturated carbocycles. The maximum absolute atomic E-state index is 12.2. The molecule has 26 heavy (non-hydrogen) atoms. The van der Waals surface area contributed by atoms with Crippen molar-refractivity contribution in [1.29, 1.82) is 0 Å². The zero-order chi connectivity index (χ0) is 18.7. The van der Waals surface area contributed by atoms with E-state index in [9.17, 15) is 14.4 Å². The Morgan fingerprint density at radius 1 is 1.15 bits per heavy atom. The molecule has 3 rings (SSSR count). The number of amides is 1. The van der Waals surface area contributed by atoms with Crippen LogP contribution in [0, 0.1) is 0 Å². The van der Waals surface area contributed by atoms with Crippen molar-refractivity contribution in [1.82, 2.24) is 0 Å². The molecule has 134 valence electrons. The fourth-order valence-corrected chi connectivity index (χ4v) is 2.91. The second-order valence-electron chi connectivity index (χ2n) is 5.51. The maximum Gasteiger partial charge on any atom is 0.310 e. The molecule has 6 nitrogen and oxygen atoms in total. The number of rotatable bonds is 5. The number of Topliss-reactive ketones (excluding diaryl/α,β-unsaturated/α-hetero) is 1. The summed E-state index contributed by atoms with van der Waals surface area (Å²) in [6.07, 6.45) is -0.139. The molecule has 2 aromatic carbocycles. The highest BCUT2D eigenvalue weighted by atomic mass is 35.5. The van der Waals surface area contributed by atoms with E-state index in [4.69, 9.17) is 32.7 Å². The Bertz CT molecular complexity index is 877. The summed E-state index contributed by atoms with van der Waals surface area (Å²) >= 11 is 12.0. The van der Waals surface area contributed by atoms with Crippen LogP contribution < -0.4 is 10.1 Å². The Kier molecular flexibility index (Phi) is 5.44. The van der Waals surface area contributed by atoms with Crippen LogP contribution in [0.1, 0.15) is 15.9 Å². The van der Waals surface area contributed by atoms with Crippen LogP contribution in [-0.4, -0.2) is 30.9 Å². The van der Waals surface area contributed by atoms with Crippen LogP contribution in [-0.2, 0) is 20.7 Å². The van der Waals surface area contributed by atoms with Crippen LogP contribution in [0.3, 0.4) is 0 Å². The lowest BCUT2D eigenvalue weighted by Crippen LogP contribution is -2.25. The molecule has 2 aromatic rings. The van der Waals surface area contributed by atoms with Crippen molar-refractivity contribution in [3.05, 3.63) is 57.6 Å². The van der Waals surface area contributed by atoms with Gasteiger partial charge in [0, 0.05) is 21.2 Å². The van der Waals surface area contributed by atoms with Crippen molar-refractivity contribution in [2.24, 2.45) is 0 Å². The zero-order valence-corrected chi connectivity index (χ0v) is 14.9. The van der Waals surface area contributed by atoms with Gasteiger partial charge in [-0.05, 0) is 30.3 Å². The summed E-state index contributed by atoms with van der Waals surface area (Å²) in [5.74, 6) is -0.856. The van der Waals surface area contributed by atoms with Gasteiger partial charge in [-0.1, -0.05) is 29.3 Å². The molecule has 0 aliphatic carbocycles. The van der Waals surface area contributed by atoms with E-state index in [0.717, 1.165) is 0 Å². The average Bonchev–Trinajstić information content (AvgIpc) is 2.62. The van der Waals surface area contributed by atoms with E-state index in [0.29, 0.717) is 27.0 Å². The van der Waals surface area contributed by atoms with Gasteiger partial charge in [0.25, 0.3) is 5.91 Å². The average molecular weight is 394 g/mol. The lowest BCUT2D eigenvalue weighted by molar-refractivity contribution is -0.141. The molecule has 1 aliphatic rings. The predicted octanol–water partition coefficient (Wildman–Crippen LogP) is 3.29. The van der Waals surface area contributed by atoms with Gasteiger partial charge < -0.3 is 14.8 Å². The van der Waals surface area contributed by atoms with Crippen molar-refractivity contribution in [2.45, 2.75) is 6.42 Å². The van der Waals surface area contributed by atoms with Gasteiger partial charge in [0.1, 0.15) is 5.75 Å². The summed E-state index contributed by atoms with van der Waals surface area (Å²) in [5, 5.41) is 3.32. The lowest BCUT2D eigenvalue weighted by atomic mass is 10.1. The van der Waals surface area contributed by atoms with E-state index < -0.39 is 18.4 Å². The molecule has 0 atom stereocenters. The molecule has 0 spiro atoms. The topological polar surface area (TPSA) is 81.7 Å². The summed E-state index contributed by atoms with van der Waals surface area (Å²) in [4.78, 5) is 35.5. The molecular weight excluding hydrogens is 381 g/mol. The monoisotopic (exact) mass is 393 g/mol. The highest BCUT2D eigenvalue weighted by molar-refractivity contribution is 6.36. The van der Waals surface area contributed by atoms with Crippen molar-refractivity contribution >= 4 is 46.5 Å². The van der Waals surface area contributed by atoms with Gasteiger partial charge >= 0.3 is 5.97 Å². The molecule has 0 fully saturated rings. The first-order chi connectivity index (χ1) is 12.4. The molecule has 0 bridgehead atoms. The fourth-order valence-electron chi connectivity index (χ4n) is 2.38. The summed E-state index contributed by atoms with van der Waals surface area (Å²) < 4.78 is 10.2. The number of nitrogens with one attached hydrogen (secondary N) is 1. The minimum absolute atomic E-state index is 0.0670. The Morgan fingerprint density at radius 3 is 2.62 bits per heavy atom. The standard InChI is InChI=1S/C18H13Cl2NO5/c19-12-2-1-3-13(20)11(12)7-18(24)26-8-15(22)10-4-5-16-14(6-10)21-17(23)9-25-16/h1-6H,7-9H2,(H,21,23). The number of benzene rings is 2. The highest BCUT2D eigenvalue weighted by Crippen LogP contribution is 2.28. The van der Waals surface area contributed by atoms with Crippen LogP contribution in [0.2, 0.25) is 10.0 Å². The summed E-state index contributed by atoms with van der Waals surface area (Å²) in [6, 6.07) is 9.50. The van der Waals surface area contributed by atoms with Crippen molar-refractivity contribution in [2.75, 3.05) is 18.5 Å². The Labute approximate surface area is 159 Å². The number of ether oxygens (including phenoxy) is 2. The Morgan fingerprint density at radius 2 is 1.88 bits per heavy atom. The van der Waals surface area contributed by atoms with Gasteiger partial charge in [0.2, 0.25) is 0 Å². The minimum Gasteiger partial charge on any atom is -0.482 e. The smallest absolute Gasteiger partial charge is 0.310 e. The summed E-state index contributed by atoms with van der Waals surface area (Å²) in [5.41, 5.74) is 1.14. The Balaban J connectivity index is 1.61. The van der Waals surface area contributed by atoms with Crippen molar-refractivity contribution < 1.29 is 23.9 Å². The summed E-state index contributed by atoms with van der Waals surface area (Å²) in [7, 11) is 0. The third-order valence-corrected chi connectivity index (χ3v) is 4.39. The van der Waals surface area contributed by atoms with E-state index in [1.807, 2.05) is 0 Å². The number of ketones is 1. The van der Waals surface area contributed by atoms with Gasteiger partial charge in [0.05, 0.1) is 12.1 Å². The van der Waals surface area contributed by atoms with Crippen LogP contribution in [0.25, 0.3) is 0 Å². The molecule has 0 aromatic heterocycles. The van der Waals surface area contributed by atoms with E-state index in [-0.39, 0.29) is 24.5 Å². The first-order valence-corrected chi connectivity index (χ1v) is 8.38. The molecule has 0 unspecified atom stereocenters. The lowest BCUT2D eigenvalue weighted by Gasteiger charge is -2.18. The Hall–Kier alpha value is -2.57. The van der Waals surface area contributed by atoms with Crippen LogP contribution in [0.4, 0.5) is 5.69 Å². The first kappa shape index (κ1) is 18.2. The molecule has 1 amide bonds. The number of anilines is 1. The molecule has 1 aliphatic heterocycles. The third kappa shape index (κ3) is 4.15. The quantitative estimate of drug-likeness (QED) is 0.622. The van der Waals surface area contributed by atoms with Gasteiger partial charge in [-0.3, -0.25) is 14.4 Å². The van der Waals surface area contributed by atoms with Gasteiger partial charge in [-0.2, -0.15) is 0 Å². The maximum atomic E-state index is 12.2. The van der Waals surface area contributed by atoms with Crippen LogP contribution in [0.15, 0.2) is 36.4 Å². The second kappa shape index (κ2) is 7.76. The van der Waals surface area contributed by atoms with Crippen molar-refractivity contribution in [3.8, 4) is 5.75 Å².